The molecule has 0 bridgehead atoms. The van der Waals surface area contributed by atoms with Crippen LogP contribution in [0, 0.1) is 0 Å². The number of guanidine groups is 1. The van der Waals surface area contributed by atoms with E-state index in [1.165, 1.54) is 25.0 Å². The van der Waals surface area contributed by atoms with E-state index in [4.69, 9.17) is 0 Å². The highest BCUT2D eigenvalue weighted by Gasteiger charge is 2.18. The largest absolute Gasteiger partial charge is 0.355 e. The van der Waals surface area contributed by atoms with Crippen molar-refractivity contribution in [2.45, 2.75) is 43.9 Å². The lowest BCUT2D eigenvalue weighted by Crippen LogP contribution is -2.39. The average molecular weight is 502 g/mol. The predicted octanol–water partition coefficient (Wildman–Crippen LogP) is 3.49. The van der Waals surface area contributed by atoms with E-state index in [1.807, 2.05) is 40.9 Å². The summed E-state index contributed by atoms with van der Waals surface area (Å²) in [7, 11) is 1.80. The Hall–Kier alpha value is -0.960. The zero-order valence-electron chi connectivity index (χ0n) is 16.1. The molecule has 2 fully saturated rings. The van der Waals surface area contributed by atoms with Gasteiger partial charge in [-0.1, -0.05) is 12.1 Å². The molecular formula is C20H31IN4OS. The van der Waals surface area contributed by atoms with Crippen molar-refractivity contribution in [2.75, 3.05) is 32.4 Å². The summed E-state index contributed by atoms with van der Waals surface area (Å²) < 4.78 is 0. The van der Waals surface area contributed by atoms with Crippen molar-refractivity contribution in [1.82, 2.24) is 15.5 Å². The van der Waals surface area contributed by atoms with E-state index >= 15 is 0 Å². The molecule has 0 aromatic heterocycles. The summed E-state index contributed by atoms with van der Waals surface area (Å²) in [6.07, 6.45) is 6.11. The van der Waals surface area contributed by atoms with Crippen molar-refractivity contribution in [1.29, 1.82) is 0 Å². The van der Waals surface area contributed by atoms with E-state index in [-0.39, 0.29) is 29.9 Å². The third-order valence-electron chi connectivity index (χ3n) is 5.05. The first kappa shape index (κ1) is 22.3. The molecule has 1 unspecified atom stereocenters. The van der Waals surface area contributed by atoms with Gasteiger partial charge in [0.15, 0.2) is 5.96 Å². The van der Waals surface area contributed by atoms with E-state index in [0.29, 0.717) is 11.8 Å². The van der Waals surface area contributed by atoms with Gasteiger partial charge >= 0.3 is 0 Å². The van der Waals surface area contributed by atoms with Crippen molar-refractivity contribution in [3.05, 3.63) is 35.4 Å². The molecule has 2 aliphatic heterocycles. The Bertz CT molecular complexity index is 611. The van der Waals surface area contributed by atoms with Crippen LogP contribution in [0.25, 0.3) is 0 Å². The van der Waals surface area contributed by atoms with Gasteiger partial charge in [-0.25, -0.2) is 0 Å². The molecule has 0 saturated carbocycles. The van der Waals surface area contributed by atoms with Crippen LogP contribution in [0.1, 0.15) is 48.0 Å². The monoisotopic (exact) mass is 502 g/mol. The van der Waals surface area contributed by atoms with Gasteiger partial charge in [0.25, 0.3) is 5.91 Å². The van der Waals surface area contributed by atoms with Crippen molar-refractivity contribution < 1.29 is 4.79 Å². The molecule has 2 saturated heterocycles. The molecule has 2 heterocycles. The van der Waals surface area contributed by atoms with Gasteiger partial charge in [0.2, 0.25) is 0 Å². The van der Waals surface area contributed by atoms with Crippen molar-refractivity contribution >= 4 is 47.6 Å². The number of amides is 1. The fraction of sp³-hybridized carbons (Fsp3) is 0.600. The van der Waals surface area contributed by atoms with Gasteiger partial charge in [0, 0.05) is 44.0 Å². The number of likely N-dealkylation sites (tertiary alicyclic amines) is 1. The Morgan fingerprint density at radius 3 is 2.52 bits per heavy atom. The summed E-state index contributed by atoms with van der Waals surface area (Å²) in [6, 6.07) is 7.95. The zero-order chi connectivity index (χ0) is 18.2. The first-order valence-corrected chi connectivity index (χ1v) is 10.8. The summed E-state index contributed by atoms with van der Waals surface area (Å²) in [4.78, 5) is 18.8. The maximum Gasteiger partial charge on any atom is 0.253 e. The Morgan fingerprint density at radius 2 is 1.89 bits per heavy atom. The maximum absolute atomic E-state index is 12.5. The number of nitrogens with zero attached hydrogens (tertiary/aromatic N) is 2. The van der Waals surface area contributed by atoms with Gasteiger partial charge < -0.3 is 15.5 Å². The highest BCUT2D eigenvalue weighted by atomic mass is 127. The van der Waals surface area contributed by atoms with Crippen LogP contribution >= 0.6 is 35.7 Å². The lowest BCUT2D eigenvalue weighted by Gasteiger charge is -2.26. The SMILES string of the molecule is CN=C(NCc1ccc(C(=O)N2CCCCC2)cc1)NCC1CCCS1.I. The minimum absolute atomic E-state index is 0. The molecule has 0 aliphatic carbocycles. The summed E-state index contributed by atoms with van der Waals surface area (Å²) in [5.74, 6) is 2.28. The minimum atomic E-state index is 0. The Morgan fingerprint density at radius 1 is 1.15 bits per heavy atom. The second-order valence-corrected chi connectivity index (χ2v) is 8.40. The highest BCUT2D eigenvalue weighted by molar-refractivity contribution is 14.0. The van der Waals surface area contributed by atoms with Crippen molar-refractivity contribution in [3.63, 3.8) is 0 Å². The smallest absolute Gasteiger partial charge is 0.253 e. The van der Waals surface area contributed by atoms with Crippen LogP contribution in [0.2, 0.25) is 0 Å². The lowest BCUT2D eigenvalue weighted by molar-refractivity contribution is 0.0724. The third-order valence-corrected chi connectivity index (χ3v) is 6.45. The number of aliphatic imine (C=N–C) groups is 1. The fourth-order valence-corrected chi connectivity index (χ4v) is 4.67. The number of rotatable bonds is 5. The quantitative estimate of drug-likeness (QED) is 0.368. The van der Waals surface area contributed by atoms with Crippen LogP contribution < -0.4 is 10.6 Å². The van der Waals surface area contributed by atoms with E-state index in [1.54, 1.807) is 7.05 Å². The van der Waals surface area contributed by atoms with E-state index in [9.17, 15) is 4.79 Å². The van der Waals surface area contributed by atoms with Gasteiger partial charge in [0.1, 0.15) is 0 Å². The summed E-state index contributed by atoms with van der Waals surface area (Å²) in [6.45, 7) is 3.45. The van der Waals surface area contributed by atoms with Crippen LogP contribution in [0.5, 0.6) is 0 Å². The molecule has 1 atom stereocenters. The fourth-order valence-electron chi connectivity index (χ4n) is 3.47. The number of benzene rings is 1. The maximum atomic E-state index is 12.5. The highest BCUT2D eigenvalue weighted by Crippen LogP contribution is 2.25. The van der Waals surface area contributed by atoms with E-state index in [2.05, 4.69) is 15.6 Å². The van der Waals surface area contributed by atoms with Gasteiger partial charge in [-0.15, -0.1) is 24.0 Å². The summed E-state index contributed by atoms with van der Waals surface area (Å²) >= 11 is 2.04. The molecule has 2 aliphatic rings. The normalized spacial score (nSPS) is 20.1. The number of piperidine rings is 1. The van der Waals surface area contributed by atoms with Crippen LogP contribution in [-0.4, -0.2) is 54.5 Å². The minimum Gasteiger partial charge on any atom is -0.355 e. The average Bonchev–Trinajstić information content (AvgIpc) is 3.22. The number of carbonyl (C=O) groups is 1. The van der Waals surface area contributed by atoms with Gasteiger partial charge in [-0.2, -0.15) is 11.8 Å². The first-order chi connectivity index (χ1) is 12.8. The van der Waals surface area contributed by atoms with E-state index < -0.39 is 0 Å². The van der Waals surface area contributed by atoms with Crippen molar-refractivity contribution in [2.24, 2.45) is 4.99 Å². The molecule has 0 radical (unpaired) electrons. The topological polar surface area (TPSA) is 56.7 Å². The standard InChI is InChI=1S/C20H30N4OS.HI/c1-21-20(23-15-18-6-5-13-26-18)22-14-16-7-9-17(10-8-16)19(25)24-11-3-2-4-12-24;/h7-10,18H,2-6,11-15H2,1H3,(H2,21,22,23);1H. The molecule has 3 rings (SSSR count). The van der Waals surface area contributed by atoms with Crippen LogP contribution in [0.3, 0.4) is 0 Å². The molecule has 150 valence electrons. The summed E-state index contributed by atoms with van der Waals surface area (Å²) in [5, 5.41) is 7.47. The number of halogens is 1. The molecular weight excluding hydrogens is 471 g/mol. The molecule has 27 heavy (non-hydrogen) atoms. The van der Waals surface area contributed by atoms with Crippen LogP contribution in [0.15, 0.2) is 29.3 Å². The third kappa shape index (κ3) is 6.85. The molecule has 5 nitrogen and oxygen atoms in total. The predicted molar refractivity (Wildman–Crippen MR) is 125 cm³/mol. The molecule has 1 amide bonds. The molecule has 2 N–H and O–H groups in total. The molecule has 7 heteroatoms. The van der Waals surface area contributed by atoms with Gasteiger partial charge in [0.05, 0.1) is 0 Å². The number of nitrogens with one attached hydrogen (secondary N) is 2. The number of hydrogen-bond donors (Lipinski definition) is 2. The number of hydrogen-bond acceptors (Lipinski definition) is 3. The number of thioether (sulfide) groups is 1. The van der Waals surface area contributed by atoms with Crippen LogP contribution in [0.4, 0.5) is 0 Å². The van der Waals surface area contributed by atoms with Crippen molar-refractivity contribution in [3.8, 4) is 0 Å². The number of carbonyl (C=O) groups excluding carboxylic acids is 1. The second kappa shape index (κ2) is 11.8. The van der Waals surface area contributed by atoms with E-state index in [0.717, 1.165) is 49.6 Å². The lowest BCUT2D eigenvalue weighted by atomic mass is 10.1. The second-order valence-electron chi connectivity index (χ2n) is 6.99. The van der Waals surface area contributed by atoms with Crippen LogP contribution in [-0.2, 0) is 6.54 Å². The Labute approximate surface area is 184 Å². The first-order valence-electron chi connectivity index (χ1n) is 9.70. The van der Waals surface area contributed by atoms with Gasteiger partial charge in [-0.3, -0.25) is 9.79 Å². The molecule has 1 aromatic rings. The van der Waals surface area contributed by atoms with Gasteiger partial charge in [-0.05, 0) is 55.6 Å². The Kier molecular flexibility index (Phi) is 9.75. The molecule has 0 spiro atoms. The summed E-state index contributed by atoms with van der Waals surface area (Å²) in [5.41, 5.74) is 1.94. The molecule has 1 aromatic carbocycles. The Balaban J connectivity index is 0.00000261. The zero-order valence-corrected chi connectivity index (χ0v) is 19.2.